The van der Waals surface area contributed by atoms with Gasteiger partial charge in [-0.1, -0.05) is 18.2 Å². The Balaban J connectivity index is 1.46. The van der Waals surface area contributed by atoms with Gasteiger partial charge in [0.1, 0.15) is 11.5 Å². The second kappa shape index (κ2) is 10.2. The molecule has 0 saturated carbocycles. The monoisotopic (exact) mass is 474 g/mol. The van der Waals surface area contributed by atoms with E-state index in [-0.39, 0.29) is 35.1 Å². The average Bonchev–Trinajstić information content (AvgIpc) is 3.27. The van der Waals surface area contributed by atoms with Crippen LogP contribution in [0.4, 0.5) is 0 Å². The lowest BCUT2D eigenvalue weighted by Crippen LogP contribution is -2.43. The largest absolute Gasteiger partial charge is 0.508 e. The number of rotatable bonds is 7. The summed E-state index contributed by atoms with van der Waals surface area (Å²) in [5, 5.41) is 32.2. The zero-order valence-corrected chi connectivity index (χ0v) is 19.9. The minimum Gasteiger partial charge on any atom is -0.508 e. The van der Waals surface area contributed by atoms with Crippen molar-refractivity contribution in [3.05, 3.63) is 82.9 Å². The van der Waals surface area contributed by atoms with Crippen molar-refractivity contribution in [2.75, 3.05) is 6.54 Å². The van der Waals surface area contributed by atoms with Crippen molar-refractivity contribution in [1.82, 2.24) is 10.2 Å². The standard InChI is InChI=1S/C28H30N2O5/c1-17-12-23(31)9-10-25(17)22-13-19(14-24(32)15-22)16-30-11-3-4-26(30)27(33)29-18(2)20-5-7-21(8-6-20)28(34)35/h5-10,12-15,18,26,31-32H,3-4,11,16H2,1-2H3,(H,29,33)(H,34,35)/t18-,26?/m0/s1. The SMILES string of the molecule is Cc1cc(O)ccc1-c1cc(O)cc(CN2CCCC2C(=O)N[C@@H](C)c2ccc(C(=O)O)cc2)c1. The van der Waals surface area contributed by atoms with E-state index < -0.39 is 5.97 Å². The maximum Gasteiger partial charge on any atom is 0.335 e. The van der Waals surface area contributed by atoms with Gasteiger partial charge < -0.3 is 20.6 Å². The van der Waals surface area contributed by atoms with Gasteiger partial charge >= 0.3 is 5.97 Å². The summed E-state index contributed by atoms with van der Waals surface area (Å²) in [6.45, 7) is 5.10. The number of carboxylic acid groups (broad SMARTS) is 1. The molecule has 0 radical (unpaired) electrons. The van der Waals surface area contributed by atoms with E-state index in [1.165, 1.54) is 12.1 Å². The van der Waals surface area contributed by atoms with Crippen LogP contribution in [0.5, 0.6) is 11.5 Å². The summed E-state index contributed by atoms with van der Waals surface area (Å²) in [7, 11) is 0. The van der Waals surface area contributed by atoms with Gasteiger partial charge in [-0.05, 0) is 104 Å². The fourth-order valence-electron chi connectivity index (χ4n) is 4.75. The van der Waals surface area contributed by atoms with E-state index in [2.05, 4.69) is 10.2 Å². The molecule has 0 spiro atoms. The fraction of sp³-hybridized carbons (Fsp3) is 0.286. The second-order valence-electron chi connectivity index (χ2n) is 9.17. The van der Waals surface area contributed by atoms with E-state index in [0.29, 0.717) is 6.54 Å². The number of aryl methyl sites for hydroxylation is 1. The highest BCUT2D eigenvalue weighted by Crippen LogP contribution is 2.31. The molecule has 0 aromatic heterocycles. The molecule has 3 aromatic carbocycles. The van der Waals surface area contributed by atoms with Gasteiger partial charge in [-0.25, -0.2) is 4.79 Å². The molecule has 0 aliphatic carbocycles. The van der Waals surface area contributed by atoms with E-state index in [1.807, 2.05) is 26.0 Å². The highest BCUT2D eigenvalue weighted by molar-refractivity contribution is 5.87. The summed E-state index contributed by atoms with van der Waals surface area (Å²) >= 11 is 0. The number of hydrogen-bond acceptors (Lipinski definition) is 5. The number of carbonyl (C=O) groups excluding carboxylic acids is 1. The molecule has 1 amide bonds. The Hall–Kier alpha value is -3.84. The van der Waals surface area contributed by atoms with Crippen LogP contribution < -0.4 is 5.32 Å². The summed E-state index contributed by atoms with van der Waals surface area (Å²) in [4.78, 5) is 26.3. The van der Waals surface area contributed by atoms with Gasteiger partial charge in [-0.2, -0.15) is 0 Å². The fourth-order valence-corrected chi connectivity index (χ4v) is 4.75. The Kier molecular flexibility index (Phi) is 7.07. The molecule has 1 fully saturated rings. The smallest absolute Gasteiger partial charge is 0.335 e. The van der Waals surface area contributed by atoms with Crippen molar-refractivity contribution in [3.63, 3.8) is 0 Å². The zero-order valence-electron chi connectivity index (χ0n) is 19.9. The minimum absolute atomic E-state index is 0.0629. The maximum atomic E-state index is 13.1. The van der Waals surface area contributed by atoms with E-state index in [0.717, 1.165) is 47.2 Å². The molecule has 35 heavy (non-hydrogen) atoms. The first-order chi connectivity index (χ1) is 16.7. The number of amides is 1. The van der Waals surface area contributed by atoms with Crippen LogP contribution in [0.25, 0.3) is 11.1 Å². The van der Waals surface area contributed by atoms with Crippen molar-refractivity contribution >= 4 is 11.9 Å². The summed E-state index contributed by atoms with van der Waals surface area (Å²) in [6.07, 6.45) is 1.65. The number of phenols is 2. The Bertz CT molecular complexity index is 1240. The number of aromatic hydroxyl groups is 2. The average molecular weight is 475 g/mol. The lowest BCUT2D eigenvalue weighted by Gasteiger charge is -2.26. The van der Waals surface area contributed by atoms with Gasteiger partial charge in [0.15, 0.2) is 0 Å². The number of hydrogen-bond donors (Lipinski definition) is 4. The number of benzene rings is 3. The highest BCUT2D eigenvalue weighted by Gasteiger charge is 2.31. The van der Waals surface area contributed by atoms with Crippen molar-refractivity contribution < 1.29 is 24.9 Å². The second-order valence-corrected chi connectivity index (χ2v) is 9.17. The van der Waals surface area contributed by atoms with Crippen LogP contribution in [0, 0.1) is 6.92 Å². The van der Waals surface area contributed by atoms with Crippen molar-refractivity contribution in [3.8, 4) is 22.6 Å². The number of phenolic OH excluding ortho intramolecular Hbond substituents is 2. The van der Waals surface area contributed by atoms with E-state index in [9.17, 15) is 19.8 Å². The normalized spacial score (nSPS) is 16.7. The molecule has 1 saturated heterocycles. The first kappa shape index (κ1) is 24.3. The quantitative estimate of drug-likeness (QED) is 0.398. The lowest BCUT2D eigenvalue weighted by atomic mass is 9.98. The lowest BCUT2D eigenvalue weighted by molar-refractivity contribution is -0.126. The molecule has 7 heteroatoms. The summed E-state index contributed by atoms with van der Waals surface area (Å²) in [5.74, 6) is -0.689. The van der Waals surface area contributed by atoms with Crippen molar-refractivity contribution in [2.45, 2.75) is 45.3 Å². The van der Waals surface area contributed by atoms with Gasteiger partial charge in [0, 0.05) is 6.54 Å². The Morgan fingerprint density at radius 1 is 1.03 bits per heavy atom. The molecule has 1 heterocycles. The maximum absolute atomic E-state index is 13.1. The third-order valence-electron chi connectivity index (χ3n) is 6.57. The van der Waals surface area contributed by atoms with Gasteiger partial charge in [0.25, 0.3) is 0 Å². The van der Waals surface area contributed by atoms with Crippen LogP contribution in [0.2, 0.25) is 0 Å². The Morgan fingerprint density at radius 2 is 1.77 bits per heavy atom. The van der Waals surface area contributed by atoms with Crippen LogP contribution in [-0.2, 0) is 11.3 Å². The molecule has 3 aromatic rings. The summed E-state index contributed by atoms with van der Waals surface area (Å²) in [6, 6.07) is 16.6. The molecular formula is C28H30N2O5. The van der Waals surface area contributed by atoms with Gasteiger partial charge in [-0.3, -0.25) is 9.69 Å². The number of aromatic carboxylic acids is 1. The van der Waals surface area contributed by atoms with Gasteiger partial charge in [-0.15, -0.1) is 0 Å². The number of likely N-dealkylation sites (tertiary alicyclic amines) is 1. The van der Waals surface area contributed by atoms with Crippen LogP contribution in [0.1, 0.15) is 52.9 Å². The number of carboxylic acids is 1. The molecule has 1 aliphatic rings. The Morgan fingerprint density at radius 3 is 2.46 bits per heavy atom. The molecule has 1 aliphatic heterocycles. The molecule has 1 unspecified atom stereocenters. The van der Waals surface area contributed by atoms with E-state index in [4.69, 9.17) is 5.11 Å². The van der Waals surface area contributed by atoms with E-state index in [1.54, 1.807) is 36.4 Å². The van der Waals surface area contributed by atoms with Crippen molar-refractivity contribution in [2.24, 2.45) is 0 Å². The first-order valence-electron chi connectivity index (χ1n) is 11.7. The molecular weight excluding hydrogens is 444 g/mol. The van der Waals surface area contributed by atoms with Gasteiger partial charge in [0.05, 0.1) is 17.6 Å². The number of nitrogens with zero attached hydrogens (tertiary/aromatic N) is 1. The summed E-state index contributed by atoms with van der Waals surface area (Å²) in [5.41, 5.74) is 4.65. The summed E-state index contributed by atoms with van der Waals surface area (Å²) < 4.78 is 0. The first-order valence-corrected chi connectivity index (χ1v) is 11.7. The molecule has 0 bridgehead atoms. The predicted molar refractivity (Wildman–Crippen MR) is 133 cm³/mol. The van der Waals surface area contributed by atoms with Crippen molar-refractivity contribution in [1.29, 1.82) is 0 Å². The third kappa shape index (κ3) is 5.63. The molecule has 2 atom stereocenters. The molecule has 7 nitrogen and oxygen atoms in total. The predicted octanol–water partition coefficient (Wildman–Crippen LogP) is 4.61. The zero-order chi connectivity index (χ0) is 25.1. The Labute approximate surface area is 204 Å². The van der Waals surface area contributed by atoms with Gasteiger partial charge in [0.2, 0.25) is 5.91 Å². The highest BCUT2D eigenvalue weighted by atomic mass is 16.4. The number of nitrogens with one attached hydrogen (secondary N) is 1. The number of carbonyl (C=O) groups is 2. The minimum atomic E-state index is -0.981. The van der Waals surface area contributed by atoms with Crippen LogP contribution in [0.3, 0.4) is 0 Å². The topological polar surface area (TPSA) is 110 Å². The molecule has 4 N–H and O–H groups in total. The third-order valence-corrected chi connectivity index (χ3v) is 6.57. The van der Waals surface area contributed by atoms with Crippen LogP contribution in [-0.4, -0.2) is 44.7 Å². The molecule has 4 rings (SSSR count). The molecule has 182 valence electrons. The van der Waals surface area contributed by atoms with Crippen LogP contribution >= 0.6 is 0 Å². The van der Waals surface area contributed by atoms with E-state index >= 15 is 0 Å². The van der Waals surface area contributed by atoms with Crippen LogP contribution in [0.15, 0.2) is 60.7 Å².